The Balaban J connectivity index is 1.47. The molecular formula is C20H27N5O2. The number of amides is 1. The quantitative estimate of drug-likeness (QED) is 0.697. The first-order chi connectivity index (χ1) is 13.2. The van der Waals surface area contributed by atoms with Gasteiger partial charge in [-0.3, -0.25) is 4.79 Å². The van der Waals surface area contributed by atoms with Crippen LogP contribution in [0.25, 0.3) is 0 Å². The zero-order valence-electron chi connectivity index (χ0n) is 16.0. The van der Waals surface area contributed by atoms with Gasteiger partial charge in [-0.05, 0) is 51.0 Å². The molecule has 1 aliphatic rings. The Labute approximate surface area is 160 Å². The first-order valence-corrected chi connectivity index (χ1v) is 9.51. The molecule has 0 bridgehead atoms. The lowest BCUT2D eigenvalue weighted by Gasteiger charge is -2.17. The number of carbonyl (C=O) groups is 1. The number of aromatic nitrogens is 2. The van der Waals surface area contributed by atoms with E-state index in [9.17, 15) is 4.79 Å². The number of nitrogens with one attached hydrogen (secondary N) is 2. The highest BCUT2D eigenvalue weighted by Gasteiger charge is 2.15. The minimum Gasteiger partial charge on any atom is -0.494 e. The Hall–Kier alpha value is -2.83. The zero-order chi connectivity index (χ0) is 19.1. The monoisotopic (exact) mass is 369 g/mol. The molecule has 0 radical (unpaired) electrons. The Morgan fingerprint density at radius 3 is 2.59 bits per heavy atom. The lowest BCUT2D eigenvalue weighted by Crippen LogP contribution is -2.29. The molecule has 1 aliphatic heterocycles. The van der Waals surface area contributed by atoms with Crippen LogP contribution in [0.3, 0.4) is 0 Å². The molecule has 1 aromatic heterocycles. The average molecular weight is 369 g/mol. The van der Waals surface area contributed by atoms with Crippen LogP contribution in [-0.2, 0) is 0 Å². The van der Waals surface area contributed by atoms with E-state index >= 15 is 0 Å². The number of aryl methyl sites for hydroxylation is 1. The van der Waals surface area contributed by atoms with Gasteiger partial charge >= 0.3 is 0 Å². The summed E-state index contributed by atoms with van der Waals surface area (Å²) in [5.74, 6) is 2.23. The van der Waals surface area contributed by atoms with E-state index in [1.54, 1.807) is 24.3 Å². The number of benzene rings is 1. The summed E-state index contributed by atoms with van der Waals surface area (Å²) in [5, 5.41) is 6.10. The number of nitrogens with zero attached hydrogens (tertiary/aromatic N) is 3. The van der Waals surface area contributed by atoms with Crippen molar-refractivity contribution in [2.24, 2.45) is 0 Å². The molecule has 2 aromatic rings. The summed E-state index contributed by atoms with van der Waals surface area (Å²) in [6.07, 6.45) is 2.42. The third-order valence-electron chi connectivity index (χ3n) is 4.39. The van der Waals surface area contributed by atoms with E-state index < -0.39 is 0 Å². The summed E-state index contributed by atoms with van der Waals surface area (Å²) in [6, 6.07) is 9.15. The maximum Gasteiger partial charge on any atom is 0.251 e. The predicted molar refractivity (Wildman–Crippen MR) is 107 cm³/mol. The second-order valence-corrected chi connectivity index (χ2v) is 6.53. The van der Waals surface area contributed by atoms with Crippen LogP contribution in [0.5, 0.6) is 5.75 Å². The van der Waals surface area contributed by atoms with E-state index in [1.165, 1.54) is 12.8 Å². The number of carbonyl (C=O) groups excluding carboxylic acids is 1. The van der Waals surface area contributed by atoms with Gasteiger partial charge in [-0.2, -0.15) is 4.98 Å². The number of hydrogen-bond acceptors (Lipinski definition) is 6. The fourth-order valence-corrected chi connectivity index (χ4v) is 3.06. The molecule has 0 saturated carbocycles. The second-order valence-electron chi connectivity index (χ2n) is 6.53. The topological polar surface area (TPSA) is 79.4 Å². The van der Waals surface area contributed by atoms with Gasteiger partial charge < -0.3 is 20.3 Å². The second kappa shape index (κ2) is 9.21. The van der Waals surface area contributed by atoms with Gasteiger partial charge in [-0.1, -0.05) is 0 Å². The molecular weight excluding hydrogens is 342 g/mol. The van der Waals surface area contributed by atoms with Crippen LogP contribution in [0, 0.1) is 6.92 Å². The average Bonchev–Trinajstić information content (AvgIpc) is 3.20. The highest BCUT2D eigenvalue weighted by atomic mass is 16.5. The van der Waals surface area contributed by atoms with Crippen molar-refractivity contribution in [1.29, 1.82) is 0 Å². The minimum absolute atomic E-state index is 0.109. The fourth-order valence-electron chi connectivity index (χ4n) is 3.06. The molecule has 2 N–H and O–H groups in total. The maximum absolute atomic E-state index is 12.2. The van der Waals surface area contributed by atoms with Gasteiger partial charge in [-0.25, -0.2) is 4.98 Å². The molecule has 1 aromatic carbocycles. The van der Waals surface area contributed by atoms with Crippen LogP contribution in [0.1, 0.15) is 35.8 Å². The van der Waals surface area contributed by atoms with E-state index in [0.29, 0.717) is 31.2 Å². The van der Waals surface area contributed by atoms with E-state index in [2.05, 4.69) is 25.5 Å². The van der Waals surface area contributed by atoms with Crippen molar-refractivity contribution in [1.82, 2.24) is 15.3 Å². The molecule has 0 spiro atoms. The first kappa shape index (κ1) is 18.9. The summed E-state index contributed by atoms with van der Waals surface area (Å²) in [5.41, 5.74) is 1.55. The summed E-state index contributed by atoms with van der Waals surface area (Å²) < 4.78 is 5.39. The summed E-state index contributed by atoms with van der Waals surface area (Å²) >= 11 is 0. The van der Waals surface area contributed by atoms with Gasteiger partial charge in [0.2, 0.25) is 5.95 Å². The highest BCUT2D eigenvalue weighted by molar-refractivity contribution is 5.94. The predicted octanol–water partition coefficient (Wildman–Crippen LogP) is 2.63. The Kier molecular flexibility index (Phi) is 6.46. The third kappa shape index (κ3) is 5.32. The summed E-state index contributed by atoms with van der Waals surface area (Å²) in [4.78, 5) is 23.5. The van der Waals surface area contributed by atoms with Crippen molar-refractivity contribution in [3.05, 3.63) is 41.6 Å². The number of anilines is 2. The maximum atomic E-state index is 12.2. The lowest BCUT2D eigenvalue weighted by atomic mass is 10.2. The number of ether oxygens (including phenoxy) is 1. The molecule has 1 fully saturated rings. The van der Waals surface area contributed by atoms with Gasteiger partial charge in [0.25, 0.3) is 5.91 Å². The van der Waals surface area contributed by atoms with Crippen molar-refractivity contribution in [3.63, 3.8) is 0 Å². The van der Waals surface area contributed by atoms with E-state index in [4.69, 9.17) is 4.74 Å². The van der Waals surface area contributed by atoms with Gasteiger partial charge in [0.15, 0.2) is 0 Å². The van der Waals surface area contributed by atoms with Crippen LogP contribution >= 0.6 is 0 Å². The van der Waals surface area contributed by atoms with Gasteiger partial charge in [-0.15, -0.1) is 0 Å². The van der Waals surface area contributed by atoms with E-state index in [-0.39, 0.29) is 5.91 Å². The van der Waals surface area contributed by atoms with Crippen molar-refractivity contribution < 1.29 is 9.53 Å². The fraction of sp³-hybridized carbons (Fsp3) is 0.450. The normalized spacial score (nSPS) is 13.5. The van der Waals surface area contributed by atoms with Crippen LogP contribution < -0.4 is 20.3 Å². The van der Waals surface area contributed by atoms with Crippen LogP contribution in [0.15, 0.2) is 30.3 Å². The third-order valence-corrected chi connectivity index (χ3v) is 4.39. The molecule has 2 heterocycles. The van der Waals surface area contributed by atoms with E-state index in [1.807, 2.05) is 19.9 Å². The van der Waals surface area contributed by atoms with E-state index in [0.717, 1.165) is 30.4 Å². The van der Waals surface area contributed by atoms with Gasteiger partial charge in [0, 0.05) is 43.5 Å². The van der Waals surface area contributed by atoms with Gasteiger partial charge in [0.1, 0.15) is 11.6 Å². The molecule has 27 heavy (non-hydrogen) atoms. The number of hydrogen-bond donors (Lipinski definition) is 2. The van der Waals surface area contributed by atoms with Crippen LogP contribution in [0.4, 0.5) is 11.8 Å². The van der Waals surface area contributed by atoms with Crippen molar-refractivity contribution in [3.8, 4) is 5.75 Å². The molecule has 0 atom stereocenters. The zero-order valence-corrected chi connectivity index (χ0v) is 16.0. The lowest BCUT2D eigenvalue weighted by molar-refractivity contribution is 0.0955. The Morgan fingerprint density at radius 2 is 1.89 bits per heavy atom. The summed E-state index contributed by atoms with van der Waals surface area (Å²) in [7, 11) is 0. The minimum atomic E-state index is -0.109. The molecule has 7 nitrogen and oxygen atoms in total. The highest BCUT2D eigenvalue weighted by Crippen LogP contribution is 2.19. The molecule has 1 amide bonds. The Morgan fingerprint density at radius 1 is 1.15 bits per heavy atom. The van der Waals surface area contributed by atoms with Crippen LogP contribution in [-0.4, -0.2) is 48.7 Å². The first-order valence-electron chi connectivity index (χ1n) is 9.51. The molecule has 0 unspecified atom stereocenters. The molecule has 7 heteroatoms. The van der Waals surface area contributed by atoms with Gasteiger partial charge in [0.05, 0.1) is 6.61 Å². The molecule has 1 saturated heterocycles. The SMILES string of the molecule is CCOc1ccc(C(=O)NCCNc2nc(C)cc(N3CCCC3)n2)cc1. The number of rotatable bonds is 8. The van der Waals surface area contributed by atoms with Crippen molar-refractivity contribution >= 4 is 17.7 Å². The molecule has 144 valence electrons. The van der Waals surface area contributed by atoms with Crippen molar-refractivity contribution in [2.75, 3.05) is 43.0 Å². The molecule has 0 aliphatic carbocycles. The Bertz CT molecular complexity index is 757. The summed E-state index contributed by atoms with van der Waals surface area (Å²) in [6.45, 7) is 7.66. The van der Waals surface area contributed by atoms with Crippen LogP contribution in [0.2, 0.25) is 0 Å². The largest absolute Gasteiger partial charge is 0.494 e. The molecule has 3 rings (SSSR count). The smallest absolute Gasteiger partial charge is 0.251 e. The van der Waals surface area contributed by atoms with Crippen molar-refractivity contribution in [2.45, 2.75) is 26.7 Å². The standard InChI is InChI=1S/C20H27N5O2/c1-3-27-17-8-6-16(7-9-17)19(26)21-10-11-22-20-23-15(2)14-18(24-20)25-12-4-5-13-25/h6-9,14H,3-5,10-13H2,1-2H3,(H,21,26)(H,22,23,24).